The fraction of sp³-hybridized carbons (Fsp3) is 0.533. The van der Waals surface area contributed by atoms with Crippen LogP contribution in [0.15, 0.2) is 24.3 Å². The zero-order chi connectivity index (χ0) is 13.8. The Morgan fingerprint density at radius 2 is 2.16 bits per heavy atom. The van der Waals surface area contributed by atoms with E-state index in [0.717, 1.165) is 29.8 Å². The molecule has 1 amide bonds. The summed E-state index contributed by atoms with van der Waals surface area (Å²) < 4.78 is 0. The molecule has 1 aromatic rings. The van der Waals surface area contributed by atoms with Gasteiger partial charge in [0, 0.05) is 17.5 Å². The van der Waals surface area contributed by atoms with E-state index < -0.39 is 0 Å². The van der Waals surface area contributed by atoms with Crippen LogP contribution < -0.4 is 5.73 Å². The third-order valence-corrected chi connectivity index (χ3v) is 3.94. The topological polar surface area (TPSA) is 46.3 Å². The third-order valence-electron chi connectivity index (χ3n) is 3.60. The summed E-state index contributed by atoms with van der Waals surface area (Å²) in [4.78, 5) is 14.3. The van der Waals surface area contributed by atoms with Crippen LogP contribution in [0.5, 0.6) is 0 Å². The van der Waals surface area contributed by atoms with Gasteiger partial charge < -0.3 is 10.6 Å². The SMILES string of the molecule is C[C@H](c1ccccc1Cl)N(C(=O)CCCN)C1CC1. The Labute approximate surface area is 119 Å². The van der Waals surface area contributed by atoms with E-state index in [0.29, 0.717) is 19.0 Å². The monoisotopic (exact) mass is 280 g/mol. The lowest BCUT2D eigenvalue weighted by Crippen LogP contribution is -2.35. The Hall–Kier alpha value is -1.06. The molecule has 4 heteroatoms. The lowest BCUT2D eigenvalue weighted by atomic mass is 10.1. The van der Waals surface area contributed by atoms with Gasteiger partial charge in [0.1, 0.15) is 0 Å². The minimum Gasteiger partial charge on any atom is -0.333 e. The number of amides is 1. The molecule has 0 aliphatic heterocycles. The van der Waals surface area contributed by atoms with Crippen LogP contribution in [-0.2, 0) is 4.79 Å². The molecule has 0 unspecified atom stereocenters. The normalized spacial score (nSPS) is 16.2. The van der Waals surface area contributed by atoms with Gasteiger partial charge in [0.05, 0.1) is 6.04 Å². The number of carbonyl (C=O) groups is 1. The second kappa shape index (κ2) is 6.40. The molecule has 0 saturated heterocycles. The highest BCUT2D eigenvalue weighted by atomic mass is 35.5. The molecule has 1 aromatic carbocycles. The van der Waals surface area contributed by atoms with Crippen molar-refractivity contribution in [3.05, 3.63) is 34.9 Å². The summed E-state index contributed by atoms with van der Waals surface area (Å²) in [6, 6.07) is 8.17. The smallest absolute Gasteiger partial charge is 0.223 e. The van der Waals surface area contributed by atoms with Crippen LogP contribution in [0.25, 0.3) is 0 Å². The summed E-state index contributed by atoms with van der Waals surface area (Å²) in [6.45, 7) is 2.62. The van der Waals surface area contributed by atoms with E-state index in [2.05, 4.69) is 6.92 Å². The van der Waals surface area contributed by atoms with Crippen LogP contribution in [-0.4, -0.2) is 23.4 Å². The highest BCUT2D eigenvalue weighted by Crippen LogP contribution is 2.36. The minimum atomic E-state index is 0.0338. The largest absolute Gasteiger partial charge is 0.333 e. The van der Waals surface area contributed by atoms with Crippen molar-refractivity contribution in [3.8, 4) is 0 Å². The summed E-state index contributed by atoms with van der Waals surface area (Å²) in [5.74, 6) is 0.195. The Morgan fingerprint density at radius 3 is 2.74 bits per heavy atom. The van der Waals surface area contributed by atoms with Crippen LogP contribution in [0.2, 0.25) is 5.02 Å². The first-order valence-corrected chi connectivity index (χ1v) is 7.28. The minimum absolute atomic E-state index is 0.0338. The van der Waals surface area contributed by atoms with Gasteiger partial charge >= 0.3 is 0 Å². The third kappa shape index (κ3) is 3.48. The Kier molecular flexibility index (Phi) is 4.83. The Balaban J connectivity index is 2.15. The number of nitrogens with zero attached hydrogens (tertiary/aromatic N) is 1. The van der Waals surface area contributed by atoms with Gasteiger partial charge in [-0.1, -0.05) is 29.8 Å². The molecule has 104 valence electrons. The van der Waals surface area contributed by atoms with Crippen molar-refractivity contribution in [3.63, 3.8) is 0 Å². The van der Waals surface area contributed by atoms with E-state index in [4.69, 9.17) is 17.3 Å². The van der Waals surface area contributed by atoms with Gasteiger partial charge in [-0.2, -0.15) is 0 Å². The van der Waals surface area contributed by atoms with Crippen molar-refractivity contribution >= 4 is 17.5 Å². The molecular weight excluding hydrogens is 260 g/mol. The van der Waals surface area contributed by atoms with E-state index in [-0.39, 0.29) is 11.9 Å². The summed E-state index contributed by atoms with van der Waals surface area (Å²) in [6.07, 6.45) is 3.48. The fourth-order valence-electron chi connectivity index (χ4n) is 2.43. The first-order valence-electron chi connectivity index (χ1n) is 6.90. The van der Waals surface area contributed by atoms with Crippen LogP contribution in [0.1, 0.15) is 44.2 Å². The zero-order valence-electron chi connectivity index (χ0n) is 11.3. The van der Waals surface area contributed by atoms with Crippen LogP contribution >= 0.6 is 11.6 Å². The molecule has 0 radical (unpaired) electrons. The predicted molar refractivity (Wildman–Crippen MR) is 78.0 cm³/mol. The summed E-state index contributed by atoms with van der Waals surface area (Å²) in [5, 5.41) is 0.729. The summed E-state index contributed by atoms with van der Waals surface area (Å²) in [5.41, 5.74) is 6.51. The summed E-state index contributed by atoms with van der Waals surface area (Å²) in [7, 11) is 0. The van der Waals surface area contributed by atoms with Crippen LogP contribution in [0.4, 0.5) is 0 Å². The number of halogens is 1. The summed E-state index contributed by atoms with van der Waals surface area (Å²) >= 11 is 6.24. The lowest BCUT2D eigenvalue weighted by molar-refractivity contribution is -0.134. The van der Waals surface area contributed by atoms with Crippen molar-refractivity contribution in [2.75, 3.05) is 6.54 Å². The molecule has 1 aliphatic rings. The number of nitrogens with two attached hydrogens (primary N) is 1. The van der Waals surface area contributed by atoms with Gasteiger partial charge in [-0.05, 0) is 44.4 Å². The molecule has 1 fully saturated rings. The van der Waals surface area contributed by atoms with E-state index in [9.17, 15) is 4.79 Å². The number of hydrogen-bond acceptors (Lipinski definition) is 2. The molecule has 0 aromatic heterocycles. The highest BCUT2D eigenvalue weighted by Gasteiger charge is 2.36. The van der Waals surface area contributed by atoms with Gasteiger partial charge in [-0.3, -0.25) is 4.79 Å². The van der Waals surface area contributed by atoms with Crippen molar-refractivity contribution in [2.24, 2.45) is 5.73 Å². The van der Waals surface area contributed by atoms with Gasteiger partial charge in [0.25, 0.3) is 0 Å². The van der Waals surface area contributed by atoms with Crippen LogP contribution in [0.3, 0.4) is 0 Å². The van der Waals surface area contributed by atoms with Gasteiger partial charge in [0.15, 0.2) is 0 Å². The van der Waals surface area contributed by atoms with E-state index in [1.165, 1.54) is 0 Å². The molecule has 0 bridgehead atoms. The van der Waals surface area contributed by atoms with Crippen molar-refractivity contribution in [1.29, 1.82) is 0 Å². The fourth-order valence-corrected chi connectivity index (χ4v) is 2.73. The first kappa shape index (κ1) is 14.4. The Bertz CT molecular complexity index is 446. The second-order valence-corrected chi connectivity index (χ2v) is 5.53. The van der Waals surface area contributed by atoms with Gasteiger partial charge in [0.2, 0.25) is 5.91 Å². The van der Waals surface area contributed by atoms with Crippen LogP contribution in [0, 0.1) is 0 Å². The second-order valence-electron chi connectivity index (χ2n) is 5.12. The molecule has 1 atom stereocenters. The lowest BCUT2D eigenvalue weighted by Gasteiger charge is -2.30. The van der Waals surface area contributed by atoms with Crippen molar-refractivity contribution in [1.82, 2.24) is 4.90 Å². The molecule has 2 N–H and O–H groups in total. The molecule has 0 heterocycles. The van der Waals surface area contributed by atoms with Gasteiger partial charge in [-0.15, -0.1) is 0 Å². The van der Waals surface area contributed by atoms with Gasteiger partial charge in [-0.25, -0.2) is 0 Å². The number of carbonyl (C=O) groups excluding carboxylic acids is 1. The number of hydrogen-bond donors (Lipinski definition) is 1. The maximum absolute atomic E-state index is 12.3. The predicted octanol–water partition coefficient (Wildman–Crippen LogP) is 3.13. The molecule has 3 nitrogen and oxygen atoms in total. The molecule has 2 rings (SSSR count). The average Bonchev–Trinajstić information content (AvgIpc) is 3.21. The highest BCUT2D eigenvalue weighted by molar-refractivity contribution is 6.31. The maximum Gasteiger partial charge on any atom is 0.223 e. The molecule has 1 saturated carbocycles. The van der Waals surface area contributed by atoms with Crippen molar-refractivity contribution in [2.45, 2.75) is 44.7 Å². The number of rotatable bonds is 6. The Morgan fingerprint density at radius 1 is 1.47 bits per heavy atom. The van der Waals surface area contributed by atoms with E-state index >= 15 is 0 Å². The standard InChI is InChI=1S/C15H21ClN2O/c1-11(13-5-2-3-6-14(13)16)18(12-8-9-12)15(19)7-4-10-17/h2-3,5-6,11-12H,4,7-10,17H2,1H3/t11-/m1/s1. The quantitative estimate of drug-likeness (QED) is 0.870. The molecule has 0 spiro atoms. The first-order chi connectivity index (χ1) is 9.15. The molecule has 1 aliphatic carbocycles. The average molecular weight is 281 g/mol. The number of benzene rings is 1. The molecule has 19 heavy (non-hydrogen) atoms. The maximum atomic E-state index is 12.3. The van der Waals surface area contributed by atoms with E-state index in [1.54, 1.807) is 0 Å². The zero-order valence-corrected chi connectivity index (χ0v) is 12.1. The van der Waals surface area contributed by atoms with E-state index in [1.807, 2.05) is 29.2 Å². The molecular formula is C15H21ClN2O. The van der Waals surface area contributed by atoms with Crippen molar-refractivity contribution < 1.29 is 4.79 Å².